The molecule has 0 bridgehead atoms. The molecule has 1 amide bonds. The summed E-state index contributed by atoms with van der Waals surface area (Å²) in [6.07, 6.45) is 2.72. The van der Waals surface area contributed by atoms with Crippen LogP contribution in [-0.4, -0.2) is 36.1 Å². The van der Waals surface area contributed by atoms with Gasteiger partial charge in [-0.3, -0.25) is 4.79 Å². The van der Waals surface area contributed by atoms with Gasteiger partial charge in [0.1, 0.15) is 11.9 Å². The van der Waals surface area contributed by atoms with Crippen molar-refractivity contribution in [1.29, 1.82) is 0 Å². The molecule has 1 aromatic heterocycles. The van der Waals surface area contributed by atoms with Crippen LogP contribution in [0.25, 0.3) is 0 Å². The van der Waals surface area contributed by atoms with Crippen LogP contribution in [-0.2, 0) is 4.79 Å². The summed E-state index contributed by atoms with van der Waals surface area (Å²) in [6.45, 7) is 1.69. The second kappa shape index (κ2) is 7.18. The number of pyridine rings is 1. The maximum atomic E-state index is 12.7. The van der Waals surface area contributed by atoms with Gasteiger partial charge in [-0.2, -0.15) is 5.53 Å². The molecule has 7 heteroatoms. The average Bonchev–Trinajstić information content (AvgIpc) is 3.33. The van der Waals surface area contributed by atoms with Gasteiger partial charge < -0.3 is 10.2 Å². The largest absolute Gasteiger partial charge is 0.354 e. The second-order valence-corrected chi connectivity index (χ2v) is 6.41. The van der Waals surface area contributed by atoms with E-state index in [-0.39, 0.29) is 24.0 Å². The number of nitrogens with zero attached hydrogens (tertiary/aromatic N) is 2. The Balaban J connectivity index is 1.37. The molecule has 7 nitrogen and oxygen atoms in total. The highest BCUT2D eigenvalue weighted by Crippen LogP contribution is 2.20. The number of rotatable bonds is 4. The van der Waals surface area contributed by atoms with E-state index >= 15 is 0 Å². The SMILES string of the molecule is O=C(NC1CCN(c2ccccn2)C1)C1NNNC1c1ccccc1. The van der Waals surface area contributed by atoms with Crippen LogP contribution in [0.3, 0.4) is 0 Å². The molecule has 25 heavy (non-hydrogen) atoms. The fourth-order valence-electron chi connectivity index (χ4n) is 3.43. The van der Waals surface area contributed by atoms with E-state index in [1.807, 2.05) is 48.5 Å². The third kappa shape index (κ3) is 3.48. The number of carbonyl (C=O) groups is 1. The van der Waals surface area contributed by atoms with E-state index in [4.69, 9.17) is 0 Å². The third-order valence-electron chi connectivity index (χ3n) is 4.74. The van der Waals surface area contributed by atoms with Crippen LogP contribution < -0.4 is 26.6 Å². The minimum Gasteiger partial charge on any atom is -0.354 e. The van der Waals surface area contributed by atoms with E-state index in [2.05, 4.69) is 31.6 Å². The van der Waals surface area contributed by atoms with E-state index < -0.39 is 0 Å². The van der Waals surface area contributed by atoms with E-state index in [1.54, 1.807) is 6.20 Å². The first-order valence-electron chi connectivity index (χ1n) is 8.58. The molecule has 2 aliphatic heterocycles. The van der Waals surface area contributed by atoms with Gasteiger partial charge in [0.25, 0.3) is 0 Å². The Bertz CT molecular complexity index is 710. The predicted octanol–water partition coefficient (Wildman–Crippen LogP) is 0.499. The fourth-order valence-corrected chi connectivity index (χ4v) is 3.43. The molecule has 3 unspecified atom stereocenters. The highest BCUT2D eigenvalue weighted by atomic mass is 16.2. The summed E-state index contributed by atoms with van der Waals surface area (Å²) in [7, 11) is 0. The van der Waals surface area contributed by atoms with E-state index in [1.165, 1.54) is 0 Å². The third-order valence-corrected chi connectivity index (χ3v) is 4.74. The zero-order valence-corrected chi connectivity index (χ0v) is 13.9. The minimum atomic E-state index is -0.355. The number of hydrogen-bond acceptors (Lipinski definition) is 6. The van der Waals surface area contributed by atoms with Gasteiger partial charge in [-0.15, -0.1) is 0 Å². The lowest BCUT2D eigenvalue weighted by Crippen LogP contribution is -2.49. The van der Waals surface area contributed by atoms with Crippen molar-refractivity contribution < 1.29 is 4.79 Å². The molecule has 3 atom stereocenters. The number of benzene rings is 1. The fraction of sp³-hybridized carbons (Fsp3) is 0.333. The number of anilines is 1. The minimum absolute atomic E-state index is 0.000719. The predicted molar refractivity (Wildman–Crippen MR) is 95.4 cm³/mol. The number of amides is 1. The topological polar surface area (TPSA) is 81.3 Å². The Labute approximate surface area is 146 Å². The van der Waals surface area contributed by atoms with Gasteiger partial charge in [-0.25, -0.2) is 15.8 Å². The van der Waals surface area contributed by atoms with E-state index in [9.17, 15) is 4.79 Å². The molecule has 4 N–H and O–H groups in total. The van der Waals surface area contributed by atoms with Crippen molar-refractivity contribution in [3.63, 3.8) is 0 Å². The molecule has 2 aliphatic rings. The molecule has 1 aromatic carbocycles. The van der Waals surface area contributed by atoms with Gasteiger partial charge in [0.15, 0.2) is 0 Å². The first-order chi connectivity index (χ1) is 12.3. The Morgan fingerprint density at radius 1 is 1.12 bits per heavy atom. The lowest BCUT2D eigenvalue weighted by molar-refractivity contribution is -0.123. The number of hydrazine groups is 2. The second-order valence-electron chi connectivity index (χ2n) is 6.41. The number of hydrogen-bond donors (Lipinski definition) is 4. The van der Waals surface area contributed by atoms with Gasteiger partial charge in [0.05, 0.1) is 6.04 Å². The molecule has 2 aromatic rings. The van der Waals surface area contributed by atoms with Crippen LogP contribution in [0, 0.1) is 0 Å². The van der Waals surface area contributed by atoms with Gasteiger partial charge >= 0.3 is 0 Å². The lowest BCUT2D eigenvalue weighted by Gasteiger charge is -2.21. The summed E-state index contributed by atoms with van der Waals surface area (Å²) in [5.74, 6) is 0.961. The van der Waals surface area contributed by atoms with E-state index in [0.717, 1.165) is 30.9 Å². The molecule has 0 saturated carbocycles. The molecule has 2 fully saturated rings. The van der Waals surface area contributed by atoms with Crippen molar-refractivity contribution in [1.82, 2.24) is 26.7 Å². The maximum Gasteiger partial charge on any atom is 0.240 e. The first-order valence-corrected chi connectivity index (χ1v) is 8.58. The molecule has 2 saturated heterocycles. The van der Waals surface area contributed by atoms with Crippen molar-refractivity contribution in [2.24, 2.45) is 0 Å². The van der Waals surface area contributed by atoms with Gasteiger partial charge in [-0.05, 0) is 24.1 Å². The summed E-state index contributed by atoms with van der Waals surface area (Å²) < 4.78 is 0. The maximum absolute atomic E-state index is 12.7. The van der Waals surface area contributed by atoms with Crippen molar-refractivity contribution in [3.8, 4) is 0 Å². The zero-order chi connectivity index (χ0) is 17.1. The molecule has 0 radical (unpaired) electrons. The highest BCUT2D eigenvalue weighted by molar-refractivity contribution is 5.83. The Kier molecular flexibility index (Phi) is 4.60. The molecule has 0 spiro atoms. The number of aromatic nitrogens is 1. The monoisotopic (exact) mass is 338 g/mol. The summed E-state index contributed by atoms with van der Waals surface area (Å²) in [5.41, 5.74) is 10.1. The van der Waals surface area contributed by atoms with Crippen LogP contribution in [0.1, 0.15) is 18.0 Å². The number of carbonyl (C=O) groups excluding carboxylic acids is 1. The van der Waals surface area contributed by atoms with Crippen molar-refractivity contribution in [2.75, 3.05) is 18.0 Å². The highest BCUT2D eigenvalue weighted by Gasteiger charge is 2.35. The van der Waals surface area contributed by atoms with Crippen molar-refractivity contribution in [3.05, 3.63) is 60.3 Å². The lowest BCUT2D eigenvalue weighted by atomic mass is 10.00. The van der Waals surface area contributed by atoms with Crippen LogP contribution >= 0.6 is 0 Å². The van der Waals surface area contributed by atoms with Crippen molar-refractivity contribution in [2.45, 2.75) is 24.5 Å². The molecule has 4 rings (SSSR count). The standard InChI is InChI=1S/C18H22N6O/c25-18(17-16(21-23-22-17)13-6-2-1-3-7-13)20-14-9-11-24(12-14)15-8-4-5-10-19-15/h1-8,10,14,16-17,21-23H,9,11-12H2,(H,20,25). The summed E-state index contributed by atoms with van der Waals surface area (Å²) in [4.78, 5) is 19.3. The van der Waals surface area contributed by atoms with Crippen LogP contribution in [0.2, 0.25) is 0 Å². The summed E-state index contributed by atoms with van der Waals surface area (Å²) in [6, 6.07) is 15.5. The summed E-state index contributed by atoms with van der Waals surface area (Å²) in [5, 5.41) is 3.17. The molecule has 0 aliphatic carbocycles. The zero-order valence-electron chi connectivity index (χ0n) is 13.9. The van der Waals surface area contributed by atoms with Crippen molar-refractivity contribution >= 4 is 11.7 Å². The Morgan fingerprint density at radius 2 is 1.96 bits per heavy atom. The Morgan fingerprint density at radius 3 is 2.76 bits per heavy atom. The average molecular weight is 338 g/mol. The van der Waals surface area contributed by atoms with Crippen LogP contribution in [0.5, 0.6) is 0 Å². The number of nitrogens with one attached hydrogen (secondary N) is 4. The Hall–Kier alpha value is -2.48. The van der Waals surface area contributed by atoms with E-state index in [0.29, 0.717) is 0 Å². The first kappa shape index (κ1) is 16.0. The molecule has 3 heterocycles. The van der Waals surface area contributed by atoms with Crippen LogP contribution in [0.4, 0.5) is 5.82 Å². The molecular weight excluding hydrogens is 316 g/mol. The van der Waals surface area contributed by atoms with Gasteiger partial charge in [0.2, 0.25) is 5.91 Å². The van der Waals surface area contributed by atoms with Gasteiger partial charge in [-0.1, -0.05) is 36.4 Å². The molecule has 130 valence electrons. The summed E-state index contributed by atoms with van der Waals surface area (Å²) >= 11 is 0. The molecular formula is C18H22N6O. The van der Waals surface area contributed by atoms with Crippen LogP contribution in [0.15, 0.2) is 54.7 Å². The quantitative estimate of drug-likeness (QED) is 0.650. The van der Waals surface area contributed by atoms with Gasteiger partial charge in [0, 0.05) is 25.3 Å². The normalized spacial score (nSPS) is 25.9. The smallest absolute Gasteiger partial charge is 0.240 e.